The molecule has 1 amide bonds. The number of carbonyl (C=O) groups is 1. The van der Waals surface area contributed by atoms with Crippen LogP contribution in [0.15, 0.2) is 34.7 Å². The number of aromatic nitrogens is 2. The number of hydrogen-bond acceptors (Lipinski definition) is 8. The van der Waals surface area contributed by atoms with E-state index in [2.05, 4.69) is 15.5 Å². The SMILES string of the molecule is COc1ccc(S(=O)(=O)N2CCN(CC(=O)Nc3nncs3)CC2)cc1. The highest BCUT2D eigenvalue weighted by Gasteiger charge is 2.29. The lowest BCUT2D eigenvalue weighted by atomic mass is 10.3. The smallest absolute Gasteiger partial charge is 0.243 e. The summed E-state index contributed by atoms with van der Waals surface area (Å²) < 4.78 is 31.9. The lowest BCUT2D eigenvalue weighted by Gasteiger charge is -2.33. The van der Waals surface area contributed by atoms with Gasteiger partial charge in [-0.3, -0.25) is 15.0 Å². The quantitative estimate of drug-likeness (QED) is 0.756. The Morgan fingerprint density at radius 2 is 1.92 bits per heavy atom. The van der Waals surface area contributed by atoms with Gasteiger partial charge < -0.3 is 4.74 Å². The van der Waals surface area contributed by atoms with Crippen molar-refractivity contribution in [1.29, 1.82) is 0 Å². The van der Waals surface area contributed by atoms with Crippen molar-refractivity contribution in [1.82, 2.24) is 19.4 Å². The van der Waals surface area contributed by atoms with Crippen LogP contribution in [0.2, 0.25) is 0 Å². The van der Waals surface area contributed by atoms with Gasteiger partial charge in [0.2, 0.25) is 21.1 Å². The summed E-state index contributed by atoms with van der Waals surface area (Å²) in [5.74, 6) is 0.420. The topological polar surface area (TPSA) is 105 Å². The van der Waals surface area contributed by atoms with E-state index in [9.17, 15) is 13.2 Å². The Hall–Kier alpha value is -2.08. The van der Waals surface area contributed by atoms with Crippen molar-refractivity contribution < 1.29 is 17.9 Å². The number of rotatable bonds is 6. The van der Waals surface area contributed by atoms with E-state index >= 15 is 0 Å². The molecule has 0 unspecified atom stereocenters. The van der Waals surface area contributed by atoms with Crippen LogP contribution in [-0.2, 0) is 14.8 Å². The Labute approximate surface area is 155 Å². The van der Waals surface area contributed by atoms with Gasteiger partial charge in [-0.25, -0.2) is 8.42 Å². The Balaban J connectivity index is 1.54. The van der Waals surface area contributed by atoms with Gasteiger partial charge in [0, 0.05) is 26.2 Å². The predicted octanol–water partition coefficient (Wildman–Crippen LogP) is 0.492. The highest BCUT2D eigenvalue weighted by molar-refractivity contribution is 7.89. The molecule has 3 rings (SSSR count). The summed E-state index contributed by atoms with van der Waals surface area (Å²) in [6, 6.07) is 6.33. The molecule has 11 heteroatoms. The van der Waals surface area contributed by atoms with E-state index in [1.807, 2.05) is 4.90 Å². The number of methoxy groups -OCH3 is 1. The predicted molar refractivity (Wildman–Crippen MR) is 96.7 cm³/mol. The number of nitrogens with zero attached hydrogens (tertiary/aromatic N) is 4. The number of piperazine rings is 1. The van der Waals surface area contributed by atoms with Crippen molar-refractivity contribution in [2.24, 2.45) is 0 Å². The Morgan fingerprint density at radius 1 is 1.23 bits per heavy atom. The van der Waals surface area contributed by atoms with E-state index in [4.69, 9.17) is 4.74 Å². The average molecular weight is 397 g/mol. The summed E-state index contributed by atoms with van der Waals surface area (Å²) in [4.78, 5) is 14.1. The minimum Gasteiger partial charge on any atom is -0.497 e. The van der Waals surface area contributed by atoms with E-state index in [1.165, 1.54) is 34.9 Å². The van der Waals surface area contributed by atoms with Crippen LogP contribution in [0, 0.1) is 0 Å². The number of carbonyl (C=O) groups excluding carboxylic acids is 1. The van der Waals surface area contributed by atoms with Gasteiger partial charge in [-0.2, -0.15) is 4.31 Å². The monoisotopic (exact) mass is 397 g/mol. The fourth-order valence-electron chi connectivity index (χ4n) is 2.61. The van der Waals surface area contributed by atoms with Crippen molar-refractivity contribution in [3.05, 3.63) is 29.8 Å². The van der Waals surface area contributed by atoms with Crippen LogP contribution in [-0.4, -0.2) is 73.6 Å². The van der Waals surface area contributed by atoms with Crippen LogP contribution < -0.4 is 10.1 Å². The highest BCUT2D eigenvalue weighted by atomic mass is 32.2. The van der Waals surface area contributed by atoms with E-state index in [0.29, 0.717) is 37.1 Å². The first kappa shape index (κ1) is 18.7. The van der Waals surface area contributed by atoms with Crippen LogP contribution >= 0.6 is 11.3 Å². The molecule has 0 saturated carbocycles. The van der Waals surface area contributed by atoms with Crippen LogP contribution in [0.3, 0.4) is 0 Å². The third-order valence-corrected chi connectivity index (χ3v) is 6.52. The van der Waals surface area contributed by atoms with E-state index in [-0.39, 0.29) is 17.3 Å². The molecule has 0 radical (unpaired) electrons. The van der Waals surface area contributed by atoms with E-state index in [0.717, 1.165) is 0 Å². The molecule has 1 aromatic heterocycles. The van der Waals surface area contributed by atoms with Gasteiger partial charge in [-0.05, 0) is 24.3 Å². The summed E-state index contributed by atoms with van der Waals surface area (Å²) >= 11 is 1.25. The van der Waals surface area contributed by atoms with Gasteiger partial charge in [0.1, 0.15) is 11.3 Å². The van der Waals surface area contributed by atoms with Gasteiger partial charge in [0.05, 0.1) is 18.6 Å². The van der Waals surface area contributed by atoms with Crippen molar-refractivity contribution in [2.45, 2.75) is 4.90 Å². The van der Waals surface area contributed by atoms with Crippen LogP contribution in [0.1, 0.15) is 0 Å². The van der Waals surface area contributed by atoms with Gasteiger partial charge in [-0.15, -0.1) is 10.2 Å². The second-order valence-electron chi connectivity index (χ2n) is 5.65. The maximum atomic E-state index is 12.7. The first-order valence-electron chi connectivity index (χ1n) is 7.91. The third-order valence-electron chi connectivity index (χ3n) is 4.00. The number of ether oxygens (including phenoxy) is 1. The molecule has 1 fully saturated rings. The van der Waals surface area contributed by atoms with Crippen molar-refractivity contribution >= 4 is 32.4 Å². The summed E-state index contributed by atoms with van der Waals surface area (Å²) in [5, 5.41) is 10.5. The summed E-state index contributed by atoms with van der Waals surface area (Å²) in [6.45, 7) is 1.83. The molecule has 1 aliphatic heterocycles. The molecule has 0 bridgehead atoms. The molecule has 1 N–H and O–H groups in total. The first-order valence-corrected chi connectivity index (χ1v) is 10.2. The molecule has 26 heavy (non-hydrogen) atoms. The summed E-state index contributed by atoms with van der Waals surface area (Å²) in [6.07, 6.45) is 0. The zero-order valence-electron chi connectivity index (χ0n) is 14.2. The molecule has 2 heterocycles. The summed E-state index contributed by atoms with van der Waals surface area (Å²) in [5.41, 5.74) is 1.54. The van der Waals surface area contributed by atoms with Crippen LogP contribution in [0.5, 0.6) is 5.75 Å². The normalized spacial score (nSPS) is 16.3. The zero-order valence-corrected chi connectivity index (χ0v) is 15.8. The molecule has 2 aromatic rings. The summed E-state index contributed by atoms with van der Waals surface area (Å²) in [7, 11) is -2.01. The molecule has 9 nitrogen and oxygen atoms in total. The fourth-order valence-corrected chi connectivity index (χ4v) is 4.50. The minimum atomic E-state index is -3.55. The van der Waals surface area contributed by atoms with E-state index < -0.39 is 10.0 Å². The molecule has 0 aliphatic carbocycles. The number of amides is 1. The third kappa shape index (κ3) is 4.36. The molecular weight excluding hydrogens is 378 g/mol. The lowest BCUT2D eigenvalue weighted by molar-refractivity contribution is -0.117. The van der Waals surface area contributed by atoms with Crippen molar-refractivity contribution in [3.63, 3.8) is 0 Å². The number of anilines is 1. The number of sulfonamides is 1. The van der Waals surface area contributed by atoms with Gasteiger partial charge in [0.25, 0.3) is 0 Å². The molecule has 0 atom stereocenters. The number of hydrogen-bond donors (Lipinski definition) is 1. The fraction of sp³-hybridized carbons (Fsp3) is 0.400. The Morgan fingerprint density at radius 3 is 2.50 bits per heavy atom. The first-order chi connectivity index (χ1) is 12.5. The van der Waals surface area contributed by atoms with E-state index in [1.54, 1.807) is 17.6 Å². The minimum absolute atomic E-state index is 0.187. The van der Waals surface area contributed by atoms with Crippen molar-refractivity contribution in [2.75, 3.05) is 45.2 Å². The Bertz CT molecular complexity index is 831. The standard InChI is InChI=1S/C15H19N5O4S2/c1-24-12-2-4-13(5-3-12)26(22,23)20-8-6-19(7-9-20)10-14(21)17-15-18-16-11-25-15/h2-5,11H,6-10H2,1H3,(H,17,18,21). The van der Waals surface area contributed by atoms with Gasteiger partial charge >= 0.3 is 0 Å². The second-order valence-corrected chi connectivity index (χ2v) is 8.42. The Kier molecular flexibility index (Phi) is 5.81. The van der Waals surface area contributed by atoms with Crippen molar-refractivity contribution in [3.8, 4) is 5.75 Å². The molecular formula is C15H19N5O4S2. The second kappa shape index (κ2) is 8.08. The average Bonchev–Trinajstić information content (AvgIpc) is 3.15. The molecule has 1 aliphatic rings. The van der Waals surface area contributed by atoms with Crippen LogP contribution in [0.4, 0.5) is 5.13 Å². The molecule has 140 valence electrons. The molecule has 1 aromatic carbocycles. The maximum absolute atomic E-state index is 12.7. The van der Waals surface area contributed by atoms with Crippen LogP contribution in [0.25, 0.3) is 0 Å². The molecule has 1 saturated heterocycles. The van der Waals surface area contributed by atoms with Gasteiger partial charge in [-0.1, -0.05) is 11.3 Å². The van der Waals surface area contributed by atoms with Gasteiger partial charge in [0.15, 0.2) is 0 Å². The highest BCUT2D eigenvalue weighted by Crippen LogP contribution is 2.20. The number of benzene rings is 1. The lowest BCUT2D eigenvalue weighted by Crippen LogP contribution is -2.50. The number of nitrogens with one attached hydrogen (secondary N) is 1. The largest absolute Gasteiger partial charge is 0.497 e. The maximum Gasteiger partial charge on any atom is 0.243 e. The molecule has 0 spiro atoms. The zero-order chi connectivity index (χ0) is 18.6.